The number of ether oxygens (including phenoxy) is 1. The summed E-state index contributed by atoms with van der Waals surface area (Å²) in [7, 11) is 1.28. The Morgan fingerprint density at radius 2 is 2.00 bits per heavy atom. The number of fused-ring (bicyclic) bond motifs is 1. The van der Waals surface area contributed by atoms with E-state index in [0.717, 1.165) is 10.1 Å². The van der Waals surface area contributed by atoms with Crippen LogP contribution in [0.2, 0.25) is 5.02 Å². The summed E-state index contributed by atoms with van der Waals surface area (Å²) >= 11 is 6.23. The fourth-order valence-corrected chi connectivity index (χ4v) is 3.77. The third-order valence-corrected chi connectivity index (χ3v) is 5.33. The number of aromatic nitrogens is 1. The number of nitrogens with zero attached hydrogens (tertiary/aromatic N) is 2. The molecule has 2 N–H and O–H groups in total. The van der Waals surface area contributed by atoms with Crippen LogP contribution >= 0.6 is 11.6 Å². The van der Waals surface area contributed by atoms with E-state index in [1.54, 1.807) is 13.8 Å². The molecular weight excluding hydrogens is 386 g/mol. The molecule has 8 nitrogen and oxygen atoms in total. The summed E-state index contributed by atoms with van der Waals surface area (Å²) in [5.41, 5.74) is -0.525. The topological polar surface area (TPSA) is 107 Å². The van der Waals surface area contributed by atoms with E-state index in [0.29, 0.717) is 13.0 Å². The van der Waals surface area contributed by atoms with Crippen molar-refractivity contribution in [1.82, 2.24) is 9.88 Å². The van der Waals surface area contributed by atoms with Crippen LogP contribution < -0.4 is 15.6 Å². The highest BCUT2D eigenvalue weighted by Gasteiger charge is 2.47. The Hall–Kier alpha value is -2.42. The number of pyridine rings is 1. The van der Waals surface area contributed by atoms with E-state index in [4.69, 9.17) is 16.3 Å². The first kappa shape index (κ1) is 20.3. The standard InChI is InChI=1S/C19H22ClN3O5/c1-19(2)16(24)14(21-10-9-11-7-5-4-6-8-11)12-15(28-19)13(20)17(23(26)27)22(3)18(12)25/h4-8,14,16,21,24H,9-10H2,1-3H3. The molecule has 0 bridgehead atoms. The summed E-state index contributed by atoms with van der Waals surface area (Å²) in [4.78, 5) is 23.5. The first-order chi connectivity index (χ1) is 13.1. The predicted molar refractivity (Wildman–Crippen MR) is 105 cm³/mol. The minimum Gasteiger partial charge on any atom is -0.483 e. The monoisotopic (exact) mass is 407 g/mol. The van der Waals surface area contributed by atoms with Crippen molar-refractivity contribution in [3.05, 3.63) is 66.9 Å². The van der Waals surface area contributed by atoms with Crippen LogP contribution in [0.4, 0.5) is 5.82 Å². The smallest absolute Gasteiger partial charge is 0.348 e. The molecule has 150 valence electrons. The third-order valence-electron chi connectivity index (χ3n) is 4.99. The third kappa shape index (κ3) is 3.50. The molecular formula is C19H22ClN3O5. The number of benzene rings is 1. The molecule has 0 fully saturated rings. The highest BCUT2D eigenvalue weighted by atomic mass is 35.5. The van der Waals surface area contributed by atoms with Gasteiger partial charge in [0.15, 0.2) is 10.8 Å². The van der Waals surface area contributed by atoms with Crippen molar-refractivity contribution < 1.29 is 14.8 Å². The van der Waals surface area contributed by atoms with Crippen molar-refractivity contribution in [2.24, 2.45) is 7.05 Å². The molecule has 9 heteroatoms. The van der Waals surface area contributed by atoms with Crippen molar-refractivity contribution >= 4 is 17.4 Å². The van der Waals surface area contributed by atoms with Crippen LogP contribution in [0.3, 0.4) is 0 Å². The number of nitrogens with one attached hydrogen (secondary N) is 1. The zero-order chi connectivity index (χ0) is 20.6. The van der Waals surface area contributed by atoms with Gasteiger partial charge in [-0.3, -0.25) is 0 Å². The Bertz CT molecular complexity index is 958. The number of hydrogen-bond acceptors (Lipinski definition) is 6. The van der Waals surface area contributed by atoms with Crippen molar-refractivity contribution in [2.75, 3.05) is 6.54 Å². The van der Waals surface area contributed by atoms with Gasteiger partial charge in [-0.2, -0.15) is 4.57 Å². The lowest BCUT2D eigenvalue weighted by molar-refractivity contribution is -0.392. The summed E-state index contributed by atoms with van der Waals surface area (Å²) in [5.74, 6) is -0.593. The van der Waals surface area contributed by atoms with E-state index in [1.807, 2.05) is 30.3 Å². The summed E-state index contributed by atoms with van der Waals surface area (Å²) in [6.45, 7) is 3.78. The molecule has 2 unspecified atom stereocenters. The lowest BCUT2D eigenvalue weighted by Gasteiger charge is -2.41. The Morgan fingerprint density at radius 3 is 2.61 bits per heavy atom. The number of halogens is 1. The molecule has 0 radical (unpaired) electrons. The summed E-state index contributed by atoms with van der Waals surface area (Å²) in [5, 5.41) is 25.1. The normalized spacial score (nSPS) is 20.3. The minimum atomic E-state index is -1.10. The first-order valence-corrected chi connectivity index (χ1v) is 9.24. The average Bonchev–Trinajstić information content (AvgIpc) is 2.64. The van der Waals surface area contributed by atoms with Gasteiger partial charge in [-0.05, 0) is 37.3 Å². The van der Waals surface area contributed by atoms with Crippen LogP contribution in [0.25, 0.3) is 0 Å². The van der Waals surface area contributed by atoms with Crippen molar-refractivity contribution in [3.63, 3.8) is 0 Å². The van der Waals surface area contributed by atoms with E-state index in [9.17, 15) is 20.0 Å². The van der Waals surface area contributed by atoms with Gasteiger partial charge in [-0.25, -0.2) is 4.79 Å². The second kappa shape index (κ2) is 7.54. The fraction of sp³-hybridized carbons (Fsp3) is 0.421. The first-order valence-electron chi connectivity index (χ1n) is 8.86. The van der Waals surface area contributed by atoms with Crippen LogP contribution in [0.15, 0.2) is 35.1 Å². The highest BCUT2D eigenvalue weighted by molar-refractivity contribution is 6.34. The van der Waals surface area contributed by atoms with Crippen LogP contribution in [-0.4, -0.2) is 32.8 Å². The molecule has 1 aliphatic rings. The second-order valence-electron chi connectivity index (χ2n) is 7.32. The van der Waals surface area contributed by atoms with Gasteiger partial charge in [0.1, 0.15) is 17.3 Å². The Balaban J connectivity index is 2.02. The lowest BCUT2D eigenvalue weighted by atomic mass is 9.87. The number of aliphatic hydroxyl groups is 1. The SMILES string of the molecule is Cn1c([N+](=O)[O-])c(Cl)c2c(c1=O)C(NCCc1ccccc1)C(O)C(C)(C)O2. The second-order valence-corrected chi connectivity index (χ2v) is 7.70. The van der Waals surface area contributed by atoms with Gasteiger partial charge in [0, 0.05) is 0 Å². The molecule has 0 saturated carbocycles. The Kier molecular flexibility index (Phi) is 5.47. The lowest BCUT2D eigenvalue weighted by Crippen LogP contribution is -2.55. The van der Waals surface area contributed by atoms with Crippen molar-refractivity contribution in [2.45, 2.75) is 38.0 Å². The van der Waals surface area contributed by atoms with Gasteiger partial charge in [0.05, 0.1) is 13.1 Å². The molecule has 2 atom stereocenters. The Morgan fingerprint density at radius 1 is 1.36 bits per heavy atom. The summed E-state index contributed by atoms with van der Waals surface area (Å²) in [6, 6.07) is 8.99. The Labute approximate surface area is 166 Å². The maximum Gasteiger partial charge on any atom is 0.348 e. The number of hydrogen-bond donors (Lipinski definition) is 2. The van der Waals surface area contributed by atoms with Gasteiger partial charge in [0.25, 0.3) is 0 Å². The van der Waals surface area contributed by atoms with E-state index in [-0.39, 0.29) is 16.3 Å². The number of rotatable bonds is 5. The molecule has 1 aromatic carbocycles. The summed E-state index contributed by atoms with van der Waals surface area (Å²) < 4.78 is 6.62. The van der Waals surface area contributed by atoms with Crippen molar-refractivity contribution in [3.8, 4) is 5.75 Å². The van der Waals surface area contributed by atoms with Crippen LogP contribution in [0, 0.1) is 10.1 Å². The highest BCUT2D eigenvalue weighted by Crippen LogP contribution is 2.44. The fourth-order valence-electron chi connectivity index (χ4n) is 3.43. The van der Waals surface area contributed by atoms with Crippen LogP contribution in [0.1, 0.15) is 31.0 Å². The van der Waals surface area contributed by atoms with Gasteiger partial charge in [-0.1, -0.05) is 41.9 Å². The molecule has 0 amide bonds. The molecule has 0 aliphatic carbocycles. The minimum absolute atomic E-state index is 0.0519. The molecule has 3 rings (SSSR count). The molecule has 1 aliphatic heterocycles. The van der Waals surface area contributed by atoms with Gasteiger partial charge < -0.3 is 25.3 Å². The largest absolute Gasteiger partial charge is 0.483 e. The van der Waals surface area contributed by atoms with E-state index in [2.05, 4.69) is 5.32 Å². The molecule has 0 spiro atoms. The number of aliphatic hydroxyl groups excluding tert-OH is 1. The van der Waals surface area contributed by atoms with Gasteiger partial charge in [-0.15, -0.1) is 0 Å². The molecule has 2 aromatic rings. The maximum absolute atomic E-state index is 12.9. The van der Waals surface area contributed by atoms with Gasteiger partial charge in [0.2, 0.25) is 0 Å². The van der Waals surface area contributed by atoms with E-state index >= 15 is 0 Å². The maximum atomic E-state index is 12.9. The van der Waals surface area contributed by atoms with Gasteiger partial charge >= 0.3 is 11.4 Å². The van der Waals surface area contributed by atoms with E-state index in [1.165, 1.54) is 7.05 Å². The van der Waals surface area contributed by atoms with Crippen molar-refractivity contribution in [1.29, 1.82) is 0 Å². The molecule has 28 heavy (non-hydrogen) atoms. The molecule has 2 heterocycles. The number of nitro groups is 1. The zero-order valence-electron chi connectivity index (χ0n) is 15.8. The average molecular weight is 408 g/mol. The molecule has 0 saturated heterocycles. The zero-order valence-corrected chi connectivity index (χ0v) is 16.6. The summed E-state index contributed by atoms with van der Waals surface area (Å²) in [6.07, 6.45) is -0.372. The van der Waals surface area contributed by atoms with Crippen LogP contribution in [-0.2, 0) is 13.5 Å². The predicted octanol–water partition coefficient (Wildman–Crippen LogP) is 2.35. The molecule has 1 aromatic heterocycles. The van der Waals surface area contributed by atoms with Crippen LogP contribution in [0.5, 0.6) is 5.75 Å². The quantitative estimate of drug-likeness (QED) is 0.582. The van der Waals surface area contributed by atoms with E-state index < -0.39 is 34.0 Å².